The van der Waals surface area contributed by atoms with Crippen LogP contribution in [0.15, 0.2) is 4.99 Å². The molecular formula is C7H11NO5. The van der Waals surface area contributed by atoms with Gasteiger partial charge in [-0.15, -0.1) is 0 Å². The zero-order chi connectivity index (χ0) is 10.3. The van der Waals surface area contributed by atoms with E-state index in [4.69, 9.17) is 0 Å². The van der Waals surface area contributed by atoms with Gasteiger partial charge < -0.3 is 14.2 Å². The van der Waals surface area contributed by atoms with Crippen molar-refractivity contribution in [3.05, 3.63) is 0 Å². The van der Waals surface area contributed by atoms with Gasteiger partial charge in [-0.2, -0.15) is 0 Å². The lowest BCUT2D eigenvalue weighted by atomic mass is 10.3. The summed E-state index contributed by atoms with van der Waals surface area (Å²) in [7, 11) is 3.65. The van der Waals surface area contributed by atoms with Crippen molar-refractivity contribution in [2.75, 3.05) is 21.3 Å². The third-order valence-electron chi connectivity index (χ3n) is 1.16. The third kappa shape index (κ3) is 3.55. The largest absolute Gasteiger partial charge is 0.487 e. The van der Waals surface area contributed by atoms with Gasteiger partial charge >= 0.3 is 11.9 Å². The van der Waals surface area contributed by atoms with Crippen LogP contribution in [-0.2, 0) is 23.8 Å². The molecule has 0 aliphatic rings. The number of esters is 2. The summed E-state index contributed by atoms with van der Waals surface area (Å²) in [6.07, 6.45) is 0.971. The van der Waals surface area contributed by atoms with Gasteiger partial charge in [-0.1, -0.05) is 0 Å². The van der Waals surface area contributed by atoms with E-state index in [1.54, 1.807) is 0 Å². The number of carbonyl (C=O) groups excluding carboxylic acids is 2. The normalized spacial score (nSPS) is 10.2. The van der Waals surface area contributed by atoms with Crippen molar-refractivity contribution in [2.24, 2.45) is 4.99 Å². The minimum Gasteiger partial charge on any atom is -0.487 e. The number of hydrogen-bond donors (Lipinski definition) is 0. The Morgan fingerprint density at radius 3 is 1.92 bits per heavy atom. The summed E-state index contributed by atoms with van der Waals surface area (Å²) in [6, 6.07) is -1.31. The highest BCUT2D eigenvalue weighted by Gasteiger charge is 2.27. The Morgan fingerprint density at radius 2 is 1.62 bits per heavy atom. The Hall–Kier alpha value is -1.59. The SMILES string of the molecule is COC=NC(C(=O)OC)C(=O)OC. The zero-order valence-electron chi connectivity index (χ0n) is 7.64. The van der Waals surface area contributed by atoms with Crippen LogP contribution in [0.5, 0.6) is 0 Å². The number of aliphatic imine (C=N–C) groups is 1. The van der Waals surface area contributed by atoms with Gasteiger partial charge in [0, 0.05) is 0 Å². The van der Waals surface area contributed by atoms with Crippen molar-refractivity contribution in [3.8, 4) is 0 Å². The van der Waals surface area contributed by atoms with Crippen LogP contribution in [0.2, 0.25) is 0 Å². The summed E-state index contributed by atoms with van der Waals surface area (Å²) in [5.41, 5.74) is 0. The number of methoxy groups -OCH3 is 3. The lowest BCUT2D eigenvalue weighted by Crippen LogP contribution is -2.30. The van der Waals surface area contributed by atoms with Gasteiger partial charge in [-0.3, -0.25) is 0 Å². The predicted octanol–water partition coefficient (Wildman–Crippen LogP) is -0.624. The van der Waals surface area contributed by atoms with Crippen LogP contribution >= 0.6 is 0 Å². The number of nitrogens with zero attached hydrogens (tertiary/aromatic N) is 1. The molecule has 0 saturated carbocycles. The first-order chi connectivity index (χ1) is 6.17. The number of rotatable bonds is 4. The molecule has 0 amide bonds. The van der Waals surface area contributed by atoms with Gasteiger partial charge in [0.25, 0.3) is 0 Å². The minimum atomic E-state index is -1.31. The molecule has 0 unspecified atom stereocenters. The van der Waals surface area contributed by atoms with Gasteiger partial charge in [-0.25, -0.2) is 14.6 Å². The van der Waals surface area contributed by atoms with E-state index >= 15 is 0 Å². The van der Waals surface area contributed by atoms with E-state index in [1.165, 1.54) is 7.11 Å². The summed E-state index contributed by atoms with van der Waals surface area (Å²) >= 11 is 0. The van der Waals surface area contributed by atoms with Crippen LogP contribution in [0.25, 0.3) is 0 Å². The second-order valence-corrected chi connectivity index (χ2v) is 1.94. The average molecular weight is 189 g/mol. The maximum absolute atomic E-state index is 10.9. The Kier molecular flexibility index (Phi) is 5.25. The van der Waals surface area contributed by atoms with Crippen LogP contribution in [0.4, 0.5) is 0 Å². The molecule has 0 aromatic carbocycles. The molecule has 0 aliphatic heterocycles. The molecule has 13 heavy (non-hydrogen) atoms. The fraction of sp³-hybridized carbons (Fsp3) is 0.571. The Labute approximate surface area is 75.5 Å². The van der Waals surface area contributed by atoms with Crippen molar-refractivity contribution in [1.29, 1.82) is 0 Å². The fourth-order valence-electron chi connectivity index (χ4n) is 0.563. The summed E-state index contributed by atoms with van der Waals surface area (Å²) in [4.78, 5) is 25.3. The highest BCUT2D eigenvalue weighted by Crippen LogP contribution is 1.96. The second kappa shape index (κ2) is 5.99. The zero-order valence-corrected chi connectivity index (χ0v) is 7.64. The molecule has 0 spiro atoms. The third-order valence-corrected chi connectivity index (χ3v) is 1.16. The molecular weight excluding hydrogens is 178 g/mol. The summed E-state index contributed by atoms with van der Waals surface area (Å²) in [6.45, 7) is 0. The average Bonchev–Trinajstić information content (AvgIpc) is 2.17. The standard InChI is InChI=1S/C7H11NO5/c1-11-4-8-5(6(9)12-2)7(10)13-3/h4-5H,1-3H3. The van der Waals surface area contributed by atoms with Crippen molar-refractivity contribution >= 4 is 18.3 Å². The summed E-state index contributed by atoms with van der Waals surface area (Å²) in [5.74, 6) is -1.58. The van der Waals surface area contributed by atoms with Crippen molar-refractivity contribution in [3.63, 3.8) is 0 Å². The first-order valence-corrected chi connectivity index (χ1v) is 3.37. The van der Waals surface area contributed by atoms with E-state index in [-0.39, 0.29) is 0 Å². The lowest BCUT2D eigenvalue weighted by molar-refractivity contribution is -0.153. The molecule has 0 radical (unpaired) electrons. The van der Waals surface area contributed by atoms with E-state index in [2.05, 4.69) is 19.2 Å². The molecule has 0 aliphatic carbocycles. The second-order valence-electron chi connectivity index (χ2n) is 1.94. The Balaban J connectivity index is 4.45. The lowest BCUT2D eigenvalue weighted by Gasteiger charge is -2.06. The van der Waals surface area contributed by atoms with E-state index in [9.17, 15) is 9.59 Å². The maximum Gasteiger partial charge on any atom is 0.342 e. The van der Waals surface area contributed by atoms with Gasteiger partial charge in [-0.05, 0) is 0 Å². The number of ether oxygens (including phenoxy) is 3. The maximum atomic E-state index is 10.9. The molecule has 0 N–H and O–H groups in total. The fourth-order valence-corrected chi connectivity index (χ4v) is 0.563. The molecule has 0 bridgehead atoms. The summed E-state index contributed by atoms with van der Waals surface area (Å²) < 4.78 is 13.1. The van der Waals surface area contributed by atoms with Gasteiger partial charge in [0.15, 0.2) is 6.40 Å². The van der Waals surface area contributed by atoms with Crippen LogP contribution in [0.1, 0.15) is 0 Å². The molecule has 74 valence electrons. The van der Waals surface area contributed by atoms with Gasteiger partial charge in [0.1, 0.15) is 0 Å². The van der Waals surface area contributed by atoms with Crippen molar-refractivity contribution in [2.45, 2.75) is 6.04 Å². The highest BCUT2D eigenvalue weighted by molar-refractivity contribution is 6.00. The molecule has 0 fully saturated rings. The Bertz CT molecular complexity index is 197. The van der Waals surface area contributed by atoms with Crippen LogP contribution < -0.4 is 0 Å². The smallest absolute Gasteiger partial charge is 0.342 e. The topological polar surface area (TPSA) is 74.2 Å². The van der Waals surface area contributed by atoms with E-state index in [0.29, 0.717) is 0 Å². The molecule has 0 heterocycles. The molecule has 6 heteroatoms. The molecule has 0 rings (SSSR count). The van der Waals surface area contributed by atoms with Crippen LogP contribution in [0.3, 0.4) is 0 Å². The van der Waals surface area contributed by atoms with Crippen LogP contribution in [0, 0.1) is 0 Å². The first kappa shape index (κ1) is 11.4. The van der Waals surface area contributed by atoms with E-state index in [0.717, 1.165) is 20.6 Å². The van der Waals surface area contributed by atoms with Crippen molar-refractivity contribution < 1.29 is 23.8 Å². The number of hydrogen-bond acceptors (Lipinski definition) is 6. The Morgan fingerprint density at radius 1 is 1.15 bits per heavy atom. The van der Waals surface area contributed by atoms with E-state index < -0.39 is 18.0 Å². The molecule has 6 nitrogen and oxygen atoms in total. The van der Waals surface area contributed by atoms with Gasteiger partial charge in [0.2, 0.25) is 6.04 Å². The number of carbonyl (C=O) groups is 2. The monoisotopic (exact) mass is 189 g/mol. The molecule has 0 atom stereocenters. The van der Waals surface area contributed by atoms with Crippen LogP contribution in [-0.4, -0.2) is 45.7 Å². The molecule has 0 aromatic heterocycles. The quantitative estimate of drug-likeness (QED) is 0.255. The van der Waals surface area contributed by atoms with E-state index in [1.807, 2.05) is 0 Å². The molecule has 0 saturated heterocycles. The predicted molar refractivity (Wildman–Crippen MR) is 43.3 cm³/mol. The highest BCUT2D eigenvalue weighted by atomic mass is 16.5. The first-order valence-electron chi connectivity index (χ1n) is 3.37. The summed E-state index contributed by atoms with van der Waals surface area (Å²) in [5, 5.41) is 0. The van der Waals surface area contributed by atoms with Gasteiger partial charge in [0.05, 0.1) is 21.3 Å². The minimum absolute atomic E-state index is 0.792. The molecule has 0 aromatic rings. The van der Waals surface area contributed by atoms with Crippen molar-refractivity contribution in [1.82, 2.24) is 0 Å².